The zero-order valence-corrected chi connectivity index (χ0v) is 11.3. The molecule has 2 rings (SSSR count). The van der Waals surface area contributed by atoms with E-state index in [1.165, 1.54) is 0 Å². The minimum atomic E-state index is -4.03. The highest BCUT2D eigenvalue weighted by atomic mass is 32.2. The average Bonchev–Trinajstić information content (AvgIpc) is 2.40. The number of rotatable bonds is 4. The molecule has 0 aliphatic carbocycles. The van der Waals surface area contributed by atoms with Crippen LogP contribution in [-0.4, -0.2) is 8.42 Å². The van der Waals surface area contributed by atoms with Gasteiger partial charge in [0.25, 0.3) is 0 Å². The lowest BCUT2D eigenvalue weighted by Gasteiger charge is -2.09. The first-order chi connectivity index (χ1) is 9.77. The molecule has 0 bridgehead atoms. The number of hydrogen-bond donors (Lipinski definition) is 1. The lowest BCUT2D eigenvalue weighted by Crippen LogP contribution is -2.12. The van der Waals surface area contributed by atoms with Gasteiger partial charge in [0.2, 0.25) is 10.0 Å². The van der Waals surface area contributed by atoms with Crippen molar-refractivity contribution >= 4 is 10.0 Å². The summed E-state index contributed by atoms with van der Waals surface area (Å²) < 4.78 is 67.0. The van der Waals surface area contributed by atoms with Gasteiger partial charge in [0.1, 0.15) is 18.2 Å². The molecule has 0 fully saturated rings. The molecule has 0 unspecified atom stereocenters. The predicted molar refractivity (Wildman–Crippen MR) is 68.5 cm³/mol. The smallest absolute Gasteiger partial charge is 0.238 e. The third-order valence-corrected chi connectivity index (χ3v) is 3.53. The van der Waals surface area contributed by atoms with Crippen LogP contribution in [0.4, 0.5) is 13.2 Å². The van der Waals surface area contributed by atoms with Gasteiger partial charge in [-0.15, -0.1) is 0 Å². The Kier molecular flexibility index (Phi) is 4.19. The third kappa shape index (κ3) is 3.73. The Bertz CT molecular complexity index is 778. The molecule has 0 atom stereocenters. The number of halogens is 3. The highest BCUT2D eigenvalue weighted by Crippen LogP contribution is 2.22. The maximum absolute atomic E-state index is 13.7. The predicted octanol–water partition coefficient (Wildman–Crippen LogP) is 2.33. The molecule has 0 aliphatic heterocycles. The fourth-order valence-electron chi connectivity index (χ4n) is 1.59. The van der Waals surface area contributed by atoms with E-state index < -0.39 is 39.0 Å². The van der Waals surface area contributed by atoms with Gasteiger partial charge in [-0.2, -0.15) is 0 Å². The van der Waals surface area contributed by atoms with Crippen molar-refractivity contribution in [2.75, 3.05) is 0 Å². The zero-order chi connectivity index (χ0) is 15.6. The first-order valence-electron chi connectivity index (χ1n) is 5.66. The van der Waals surface area contributed by atoms with E-state index in [1.54, 1.807) is 0 Å². The van der Waals surface area contributed by atoms with Gasteiger partial charge < -0.3 is 4.74 Å². The van der Waals surface area contributed by atoms with Crippen LogP contribution in [-0.2, 0) is 16.6 Å². The van der Waals surface area contributed by atoms with Crippen molar-refractivity contribution in [1.29, 1.82) is 0 Å². The second kappa shape index (κ2) is 5.74. The number of ether oxygens (including phenoxy) is 1. The average molecular weight is 317 g/mol. The monoisotopic (exact) mass is 317 g/mol. The van der Waals surface area contributed by atoms with Crippen LogP contribution in [0.1, 0.15) is 5.56 Å². The first kappa shape index (κ1) is 15.3. The van der Waals surface area contributed by atoms with E-state index in [-0.39, 0.29) is 11.3 Å². The van der Waals surface area contributed by atoms with Crippen LogP contribution in [0.5, 0.6) is 5.75 Å². The van der Waals surface area contributed by atoms with Crippen LogP contribution in [0, 0.1) is 17.5 Å². The zero-order valence-electron chi connectivity index (χ0n) is 10.5. The lowest BCUT2D eigenvalue weighted by atomic mass is 10.2. The molecule has 112 valence electrons. The van der Waals surface area contributed by atoms with Crippen molar-refractivity contribution < 1.29 is 26.3 Å². The Morgan fingerprint density at radius 1 is 1.00 bits per heavy atom. The van der Waals surface area contributed by atoms with Crippen molar-refractivity contribution in [3.63, 3.8) is 0 Å². The highest BCUT2D eigenvalue weighted by molar-refractivity contribution is 7.89. The van der Waals surface area contributed by atoms with Crippen molar-refractivity contribution in [2.24, 2.45) is 5.14 Å². The summed E-state index contributed by atoms with van der Waals surface area (Å²) in [7, 11) is -4.03. The molecule has 2 N–H and O–H groups in total. The van der Waals surface area contributed by atoms with Gasteiger partial charge in [0.05, 0.1) is 4.90 Å². The van der Waals surface area contributed by atoms with Crippen LogP contribution in [0.25, 0.3) is 0 Å². The van der Waals surface area contributed by atoms with Gasteiger partial charge in [0, 0.05) is 5.56 Å². The van der Waals surface area contributed by atoms with Gasteiger partial charge in [-0.3, -0.25) is 0 Å². The summed E-state index contributed by atoms with van der Waals surface area (Å²) in [4.78, 5) is -0.413. The quantitative estimate of drug-likeness (QED) is 0.941. The topological polar surface area (TPSA) is 69.4 Å². The minimum absolute atomic E-state index is 0.0927. The molecule has 0 amide bonds. The second-order valence-electron chi connectivity index (χ2n) is 4.16. The van der Waals surface area contributed by atoms with E-state index in [0.717, 1.165) is 30.3 Å². The molecule has 0 aromatic heterocycles. The second-order valence-corrected chi connectivity index (χ2v) is 5.72. The molecule has 2 aromatic carbocycles. The van der Waals surface area contributed by atoms with Gasteiger partial charge in [-0.05, 0) is 36.4 Å². The number of nitrogens with two attached hydrogens (primary N) is 1. The van der Waals surface area contributed by atoms with Crippen LogP contribution in [0.15, 0.2) is 41.3 Å². The van der Waals surface area contributed by atoms with Crippen molar-refractivity contribution in [1.82, 2.24) is 0 Å². The molecule has 2 aromatic rings. The summed E-state index contributed by atoms with van der Waals surface area (Å²) in [5.74, 6) is -2.62. The van der Waals surface area contributed by atoms with Crippen LogP contribution < -0.4 is 9.88 Å². The highest BCUT2D eigenvalue weighted by Gasteiger charge is 2.13. The maximum atomic E-state index is 13.7. The molecule has 0 spiro atoms. The summed E-state index contributed by atoms with van der Waals surface area (Å²) in [6.07, 6.45) is 0. The van der Waals surface area contributed by atoms with Crippen LogP contribution >= 0.6 is 0 Å². The van der Waals surface area contributed by atoms with E-state index in [9.17, 15) is 21.6 Å². The van der Waals surface area contributed by atoms with Crippen LogP contribution in [0.3, 0.4) is 0 Å². The molecular weight excluding hydrogens is 307 g/mol. The third-order valence-electron chi connectivity index (χ3n) is 2.62. The standard InChI is InChI=1S/C13H10F3NO3S/c14-9-1-3-11(15)8(5-9)7-20-13-4-2-10(6-12(13)16)21(17,18)19/h1-6H,7H2,(H2,17,18,19). The molecule has 8 heteroatoms. The van der Waals surface area contributed by atoms with Crippen LogP contribution in [0.2, 0.25) is 0 Å². The summed E-state index contributed by atoms with van der Waals surface area (Å²) in [6.45, 7) is -0.408. The number of primary sulfonamides is 1. The fourth-order valence-corrected chi connectivity index (χ4v) is 2.11. The van der Waals surface area contributed by atoms with Gasteiger partial charge in [-0.25, -0.2) is 26.7 Å². The van der Waals surface area contributed by atoms with Crippen molar-refractivity contribution in [3.8, 4) is 5.75 Å². The number of sulfonamides is 1. The number of hydrogen-bond acceptors (Lipinski definition) is 3. The van der Waals surface area contributed by atoms with E-state index in [2.05, 4.69) is 0 Å². The van der Waals surface area contributed by atoms with E-state index >= 15 is 0 Å². The van der Waals surface area contributed by atoms with E-state index in [4.69, 9.17) is 9.88 Å². The molecule has 4 nitrogen and oxygen atoms in total. The molecule has 21 heavy (non-hydrogen) atoms. The first-order valence-corrected chi connectivity index (χ1v) is 7.21. The van der Waals surface area contributed by atoms with Crippen molar-refractivity contribution in [2.45, 2.75) is 11.5 Å². The molecule has 0 aliphatic rings. The minimum Gasteiger partial charge on any atom is -0.486 e. The Morgan fingerprint density at radius 3 is 2.33 bits per heavy atom. The summed E-state index contributed by atoms with van der Waals surface area (Å²) >= 11 is 0. The lowest BCUT2D eigenvalue weighted by molar-refractivity contribution is 0.283. The molecule has 0 radical (unpaired) electrons. The Labute approximate surface area is 119 Å². The van der Waals surface area contributed by atoms with E-state index in [0.29, 0.717) is 6.07 Å². The summed E-state index contributed by atoms with van der Waals surface area (Å²) in [5, 5.41) is 4.85. The normalized spacial score (nSPS) is 11.4. The Morgan fingerprint density at radius 2 is 1.71 bits per heavy atom. The maximum Gasteiger partial charge on any atom is 0.238 e. The SMILES string of the molecule is NS(=O)(=O)c1ccc(OCc2cc(F)ccc2F)c(F)c1. The Balaban J connectivity index is 2.19. The number of benzene rings is 2. The molecule has 0 saturated carbocycles. The molecule has 0 heterocycles. The molecular formula is C13H10F3NO3S. The van der Waals surface area contributed by atoms with Crippen molar-refractivity contribution in [3.05, 3.63) is 59.4 Å². The summed E-state index contributed by atoms with van der Waals surface area (Å²) in [5.41, 5.74) is -0.0927. The Hall–Kier alpha value is -2.06. The molecule has 0 saturated heterocycles. The van der Waals surface area contributed by atoms with Gasteiger partial charge >= 0.3 is 0 Å². The van der Waals surface area contributed by atoms with Gasteiger partial charge in [0.15, 0.2) is 11.6 Å². The van der Waals surface area contributed by atoms with E-state index in [1.807, 2.05) is 0 Å². The fraction of sp³-hybridized carbons (Fsp3) is 0.0769. The van der Waals surface area contributed by atoms with Gasteiger partial charge in [-0.1, -0.05) is 0 Å². The largest absolute Gasteiger partial charge is 0.486 e. The summed E-state index contributed by atoms with van der Waals surface area (Å²) in [6, 6.07) is 5.58.